The van der Waals surface area contributed by atoms with Crippen molar-refractivity contribution in [1.82, 2.24) is 14.8 Å². The molecular weight excluding hydrogens is 336 g/mol. The second-order valence-corrected chi connectivity index (χ2v) is 5.33. The van der Waals surface area contributed by atoms with E-state index in [-0.39, 0.29) is 18.8 Å². The first kappa shape index (κ1) is 19.2. The van der Waals surface area contributed by atoms with Crippen molar-refractivity contribution in [1.29, 1.82) is 0 Å². The van der Waals surface area contributed by atoms with E-state index < -0.39 is 11.9 Å². The molecule has 138 valence electrons. The molecule has 0 fully saturated rings. The molecule has 0 spiro atoms. The van der Waals surface area contributed by atoms with Crippen molar-refractivity contribution in [2.45, 2.75) is 27.3 Å². The maximum atomic E-state index is 12.0. The van der Waals surface area contributed by atoms with Crippen LogP contribution in [-0.2, 0) is 25.6 Å². The molecule has 8 heteroatoms. The molecule has 0 aliphatic rings. The van der Waals surface area contributed by atoms with E-state index in [4.69, 9.17) is 9.47 Å². The number of anilines is 1. The minimum atomic E-state index is -0.740. The van der Waals surface area contributed by atoms with Crippen LogP contribution in [0.1, 0.15) is 25.1 Å². The summed E-state index contributed by atoms with van der Waals surface area (Å²) in [5.74, 6) is -0.851. The summed E-state index contributed by atoms with van der Waals surface area (Å²) in [5.41, 5.74) is 1.61. The maximum Gasteiger partial charge on any atom is 0.347 e. The highest BCUT2D eigenvalue weighted by Crippen LogP contribution is 2.14. The van der Waals surface area contributed by atoms with E-state index in [1.54, 1.807) is 30.9 Å². The second kappa shape index (κ2) is 9.36. The number of esters is 2. The Kier molecular flexibility index (Phi) is 6.90. The first-order valence-corrected chi connectivity index (χ1v) is 8.29. The third-order valence-corrected chi connectivity index (χ3v) is 3.34. The maximum absolute atomic E-state index is 12.0. The molecule has 0 radical (unpaired) electrons. The van der Waals surface area contributed by atoms with Gasteiger partial charge in [0.25, 0.3) is 0 Å². The van der Waals surface area contributed by atoms with E-state index >= 15 is 0 Å². The quantitative estimate of drug-likeness (QED) is 0.334. The van der Waals surface area contributed by atoms with Gasteiger partial charge in [-0.05, 0) is 38.5 Å². The number of carbonyl (C=O) groups is 2. The monoisotopic (exact) mass is 358 g/mol. The molecule has 26 heavy (non-hydrogen) atoms. The van der Waals surface area contributed by atoms with Gasteiger partial charge in [-0.3, -0.25) is 4.98 Å². The van der Waals surface area contributed by atoms with E-state index in [0.29, 0.717) is 12.4 Å². The number of rotatable bonds is 8. The van der Waals surface area contributed by atoms with Crippen LogP contribution in [0.25, 0.3) is 0 Å². The molecular formula is C18H22N4O4. The average Bonchev–Trinajstić information content (AvgIpc) is 2.96. The standard InChI is InChI=1S/C18H22N4O4/c1-4-25-17(23)15(18(24)26-5-2)11-20-16-10-13(3)21-22(16)12-14-6-8-19-9-7-14/h6-11,20H,4-5,12H2,1-3H3. The molecule has 2 rings (SSSR count). The van der Waals surface area contributed by atoms with Gasteiger partial charge in [0.15, 0.2) is 5.57 Å². The summed E-state index contributed by atoms with van der Waals surface area (Å²) in [6, 6.07) is 5.59. The molecule has 2 heterocycles. The first-order valence-electron chi connectivity index (χ1n) is 8.29. The normalized spacial score (nSPS) is 10.1. The number of hydrogen-bond acceptors (Lipinski definition) is 7. The summed E-state index contributed by atoms with van der Waals surface area (Å²) in [6.07, 6.45) is 4.70. The number of aryl methyl sites for hydroxylation is 1. The fraction of sp³-hybridized carbons (Fsp3) is 0.333. The molecule has 2 aromatic heterocycles. The molecule has 2 aromatic rings. The summed E-state index contributed by atoms with van der Waals surface area (Å²) in [7, 11) is 0. The third kappa shape index (κ3) is 5.17. The first-order chi connectivity index (χ1) is 12.5. The van der Waals surface area contributed by atoms with Crippen LogP contribution >= 0.6 is 0 Å². The van der Waals surface area contributed by atoms with Gasteiger partial charge in [0.05, 0.1) is 25.5 Å². The molecule has 0 atom stereocenters. The number of ether oxygens (including phenoxy) is 2. The number of nitrogens with zero attached hydrogens (tertiary/aromatic N) is 3. The zero-order valence-corrected chi connectivity index (χ0v) is 15.1. The van der Waals surface area contributed by atoms with Crippen molar-refractivity contribution in [2.75, 3.05) is 18.5 Å². The van der Waals surface area contributed by atoms with Crippen LogP contribution < -0.4 is 5.32 Å². The summed E-state index contributed by atoms with van der Waals surface area (Å²) in [5, 5.41) is 7.37. The Bertz CT molecular complexity index is 764. The van der Waals surface area contributed by atoms with Gasteiger partial charge in [0, 0.05) is 24.7 Å². The number of nitrogens with one attached hydrogen (secondary N) is 1. The SMILES string of the molecule is CCOC(=O)C(=CNc1cc(C)nn1Cc1ccncc1)C(=O)OCC. The number of carbonyl (C=O) groups excluding carboxylic acids is 2. The van der Waals surface area contributed by atoms with Crippen LogP contribution in [0, 0.1) is 6.92 Å². The van der Waals surface area contributed by atoms with Crippen LogP contribution in [0.3, 0.4) is 0 Å². The predicted molar refractivity (Wildman–Crippen MR) is 95.3 cm³/mol. The molecule has 0 aliphatic carbocycles. The Balaban J connectivity index is 2.23. The van der Waals surface area contributed by atoms with E-state index in [2.05, 4.69) is 15.4 Å². The minimum Gasteiger partial charge on any atom is -0.462 e. The zero-order valence-electron chi connectivity index (χ0n) is 15.1. The highest BCUT2D eigenvalue weighted by Gasteiger charge is 2.21. The van der Waals surface area contributed by atoms with Crippen LogP contribution in [0.15, 0.2) is 42.4 Å². The fourth-order valence-electron chi connectivity index (χ4n) is 2.21. The van der Waals surface area contributed by atoms with Crippen LogP contribution in [-0.4, -0.2) is 39.9 Å². The molecule has 1 N–H and O–H groups in total. The average molecular weight is 358 g/mol. The Hall–Kier alpha value is -3.16. The molecule has 8 nitrogen and oxygen atoms in total. The van der Waals surface area contributed by atoms with E-state index in [0.717, 1.165) is 11.3 Å². The van der Waals surface area contributed by atoms with Crippen molar-refractivity contribution in [3.63, 3.8) is 0 Å². The van der Waals surface area contributed by atoms with E-state index in [9.17, 15) is 9.59 Å². The van der Waals surface area contributed by atoms with Gasteiger partial charge in [-0.1, -0.05) is 0 Å². The predicted octanol–water partition coefficient (Wildman–Crippen LogP) is 2.06. The smallest absolute Gasteiger partial charge is 0.347 e. The van der Waals surface area contributed by atoms with Gasteiger partial charge in [-0.25, -0.2) is 14.3 Å². The highest BCUT2D eigenvalue weighted by atomic mass is 16.6. The summed E-state index contributed by atoms with van der Waals surface area (Å²) < 4.78 is 11.6. The molecule has 0 aromatic carbocycles. The fourth-order valence-corrected chi connectivity index (χ4v) is 2.21. The van der Waals surface area contributed by atoms with Gasteiger partial charge < -0.3 is 14.8 Å². The number of pyridine rings is 1. The van der Waals surface area contributed by atoms with Gasteiger partial charge in [0.1, 0.15) is 5.82 Å². The Labute approximate surface area is 151 Å². The van der Waals surface area contributed by atoms with Crippen molar-refractivity contribution in [2.24, 2.45) is 0 Å². The van der Waals surface area contributed by atoms with Crippen LogP contribution in [0.2, 0.25) is 0 Å². The molecule has 0 aliphatic heterocycles. The Morgan fingerprint density at radius 3 is 2.35 bits per heavy atom. The number of hydrogen-bond donors (Lipinski definition) is 1. The Morgan fingerprint density at radius 1 is 1.15 bits per heavy atom. The van der Waals surface area contributed by atoms with Gasteiger partial charge in [-0.2, -0.15) is 5.10 Å². The minimum absolute atomic E-state index is 0.161. The molecule has 0 unspecified atom stereocenters. The lowest BCUT2D eigenvalue weighted by molar-refractivity contribution is -0.146. The second-order valence-electron chi connectivity index (χ2n) is 5.33. The van der Waals surface area contributed by atoms with E-state index in [1.807, 2.05) is 25.1 Å². The highest BCUT2D eigenvalue weighted by molar-refractivity contribution is 6.14. The zero-order chi connectivity index (χ0) is 18.9. The number of aromatic nitrogens is 3. The molecule has 0 saturated heterocycles. The van der Waals surface area contributed by atoms with Gasteiger partial charge in [-0.15, -0.1) is 0 Å². The largest absolute Gasteiger partial charge is 0.462 e. The summed E-state index contributed by atoms with van der Waals surface area (Å²) in [6.45, 7) is 6.03. The van der Waals surface area contributed by atoms with Crippen molar-refractivity contribution in [3.8, 4) is 0 Å². The third-order valence-electron chi connectivity index (χ3n) is 3.34. The van der Waals surface area contributed by atoms with Crippen molar-refractivity contribution < 1.29 is 19.1 Å². The van der Waals surface area contributed by atoms with Crippen LogP contribution in [0.5, 0.6) is 0 Å². The summed E-state index contributed by atoms with van der Waals surface area (Å²) >= 11 is 0. The van der Waals surface area contributed by atoms with Crippen LogP contribution in [0.4, 0.5) is 5.82 Å². The van der Waals surface area contributed by atoms with Gasteiger partial charge in [0.2, 0.25) is 0 Å². The topological polar surface area (TPSA) is 95.3 Å². The Morgan fingerprint density at radius 2 is 1.77 bits per heavy atom. The molecule has 0 amide bonds. The lowest BCUT2D eigenvalue weighted by atomic mass is 10.3. The van der Waals surface area contributed by atoms with E-state index in [1.165, 1.54) is 6.20 Å². The lowest BCUT2D eigenvalue weighted by Crippen LogP contribution is -2.20. The van der Waals surface area contributed by atoms with Gasteiger partial charge >= 0.3 is 11.9 Å². The van der Waals surface area contributed by atoms with Crippen molar-refractivity contribution >= 4 is 17.8 Å². The summed E-state index contributed by atoms with van der Waals surface area (Å²) in [4.78, 5) is 28.0. The van der Waals surface area contributed by atoms with Crippen molar-refractivity contribution in [3.05, 3.63) is 53.6 Å². The lowest BCUT2D eigenvalue weighted by Gasteiger charge is -2.09. The molecule has 0 saturated carbocycles. The molecule has 0 bridgehead atoms.